The number of methoxy groups -OCH3 is 1. The SMILES string of the molecule is COc1c(Br)cc(Br)nc1OC(F)(F)F. The molecular weight excluding hydrogens is 347 g/mol. The quantitative estimate of drug-likeness (QED) is 0.765. The van der Waals surface area contributed by atoms with Crippen molar-refractivity contribution in [1.29, 1.82) is 0 Å². The van der Waals surface area contributed by atoms with Crippen LogP contribution in [0.5, 0.6) is 11.6 Å². The van der Waals surface area contributed by atoms with Crippen LogP contribution in [0.25, 0.3) is 0 Å². The van der Waals surface area contributed by atoms with E-state index in [1.165, 1.54) is 13.2 Å². The second-order valence-corrected chi connectivity index (χ2v) is 3.98. The fourth-order valence-corrected chi connectivity index (χ4v) is 2.06. The highest BCUT2D eigenvalue weighted by Crippen LogP contribution is 2.37. The van der Waals surface area contributed by atoms with Crippen molar-refractivity contribution in [1.82, 2.24) is 4.98 Å². The van der Waals surface area contributed by atoms with Gasteiger partial charge in [0.15, 0.2) is 5.75 Å². The fraction of sp³-hybridized carbons (Fsp3) is 0.286. The summed E-state index contributed by atoms with van der Waals surface area (Å²) in [6.07, 6.45) is -4.81. The monoisotopic (exact) mass is 349 g/mol. The second-order valence-electron chi connectivity index (χ2n) is 2.31. The summed E-state index contributed by atoms with van der Waals surface area (Å²) in [5.41, 5.74) is 0. The topological polar surface area (TPSA) is 31.4 Å². The van der Waals surface area contributed by atoms with E-state index in [1.54, 1.807) is 0 Å². The highest BCUT2D eigenvalue weighted by atomic mass is 79.9. The molecule has 1 heterocycles. The van der Waals surface area contributed by atoms with Gasteiger partial charge in [0.2, 0.25) is 0 Å². The molecule has 0 saturated carbocycles. The van der Waals surface area contributed by atoms with E-state index < -0.39 is 12.2 Å². The molecule has 3 nitrogen and oxygen atoms in total. The highest BCUT2D eigenvalue weighted by Gasteiger charge is 2.34. The number of hydrogen-bond acceptors (Lipinski definition) is 3. The van der Waals surface area contributed by atoms with E-state index >= 15 is 0 Å². The Morgan fingerprint density at radius 3 is 2.40 bits per heavy atom. The molecule has 0 unspecified atom stereocenters. The first-order valence-corrected chi connectivity index (χ1v) is 5.08. The summed E-state index contributed by atoms with van der Waals surface area (Å²) in [5, 5.41) is 0. The van der Waals surface area contributed by atoms with Gasteiger partial charge in [-0.2, -0.15) is 0 Å². The Bertz CT molecular complexity index is 370. The van der Waals surface area contributed by atoms with Gasteiger partial charge < -0.3 is 9.47 Å². The van der Waals surface area contributed by atoms with Crippen LogP contribution in [0.4, 0.5) is 13.2 Å². The lowest BCUT2D eigenvalue weighted by Crippen LogP contribution is -2.18. The summed E-state index contributed by atoms with van der Waals surface area (Å²) in [5.74, 6) is -0.762. The van der Waals surface area contributed by atoms with Crippen LogP contribution < -0.4 is 9.47 Å². The van der Waals surface area contributed by atoms with Crippen molar-refractivity contribution in [2.75, 3.05) is 7.11 Å². The smallest absolute Gasteiger partial charge is 0.490 e. The molecule has 0 spiro atoms. The molecule has 0 aliphatic rings. The van der Waals surface area contributed by atoms with Gasteiger partial charge in [0, 0.05) is 0 Å². The van der Waals surface area contributed by atoms with E-state index in [1.807, 2.05) is 0 Å². The fourth-order valence-electron chi connectivity index (χ4n) is 0.816. The third-order valence-corrected chi connectivity index (χ3v) is 2.28. The lowest BCUT2D eigenvalue weighted by atomic mass is 10.4. The van der Waals surface area contributed by atoms with Crippen molar-refractivity contribution in [2.24, 2.45) is 0 Å². The zero-order valence-corrected chi connectivity index (χ0v) is 10.4. The molecule has 0 bridgehead atoms. The predicted octanol–water partition coefficient (Wildman–Crippen LogP) is 3.51. The van der Waals surface area contributed by atoms with Gasteiger partial charge in [-0.15, -0.1) is 13.2 Å². The van der Waals surface area contributed by atoms with E-state index in [0.29, 0.717) is 4.47 Å². The van der Waals surface area contributed by atoms with Gasteiger partial charge in [-0.25, -0.2) is 4.98 Å². The van der Waals surface area contributed by atoms with Crippen molar-refractivity contribution in [3.05, 3.63) is 15.1 Å². The molecule has 0 aromatic carbocycles. The third-order valence-electron chi connectivity index (χ3n) is 1.28. The standard InChI is InChI=1S/C7H4Br2F3NO2/c1-14-5-3(8)2-4(9)13-6(5)15-7(10,11)12/h2H,1H3. The first kappa shape index (κ1) is 12.6. The zero-order chi connectivity index (χ0) is 11.6. The van der Waals surface area contributed by atoms with Crippen LogP contribution in [0.15, 0.2) is 15.1 Å². The van der Waals surface area contributed by atoms with Crippen LogP contribution in [0.3, 0.4) is 0 Å². The Kier molecular flexibility index (Phi) is 3.82. The lowest BCUT2D eigenvalue weighted by molar-refractivity contribution is -0.276. The molecule has 1 aromatic heterocycles. The highest BCUT2D eigenvalue weighted by molar-refractivity contribution is 9.11. The van der Waals surface area contributed by atoms with E-state index in [4.69, 9.17) is 4.74 Å². The molecular formula is C7H4Br2F3NO2. The van der Waals surface area contributed by atoms with Gasteiger partial charge in [-0.1, -0.05) is 0 Å². The van der Waals surface area contributed by atoms with Crippen LogP contribution in [-0.2, 0) is 0 Å². The third kappa shape index (κ3) is 3.53. The van der Waals surface area contributed by atoms with Crippen LogP contribution in [-0.4, -0.2) is 18.5 Å². The summed E-state index contributed by atoms with van der Waals surface area (Å²) < 4.78 is 44.8. The number of nitrogens with zero attached hydrogens (tertiary/aromatic N) is 1. The molecule has 8 heteroatoms. The molecule has 1 aromatic rings. The Labute approximate surface area is 99.8 Å². The maximum atomic E-state index is 12.0. The summed E-state index contributed by atoms with van der Waals surface area (Å²) in [4.78, 5) is 3.51. The summed E-state index contributed by atoms with van der Waals surface area (Å²) in [6, 6.07) is 1.45. The molecule has 15 heavy (non-hydrogen) atoms. The Morgan fingerprint density at radius 2 is 1.93 bits per heavy atom. The van der Waals surface area contributed by atoms with Crippen molar-refractivity contribution in [3.8, 4) is 11.6 Å². The molecule has 0 fully saturated rings. The normalized spacial score (nSPS) is 11.3. The van der Waals surface area contributed by atoms with Gasteiger partial charge in [0.1, 0.15) is 4.60 Å². The van der Waals surface area contributed by atoms with Gasteiger partial charge in [0.05, 0.1) is 11.6 Å². The number of alkyl halides is 3. The van der Waals surface area contributed by atoms with Gasteiger partial charge in [-0.3, -0.25) is 0 Å². The molecule has 0 aliphatic heterocycles. The Balaban J connectivity index is 3.15. The summed E-state index contributed by atoms with van der Waals surface area (Å²) in [7, 11) is 1.22. The van der Waals surface area contributed by atoms with Crippen molar-refractivity contribution in [2.45, 2.75) is 6.36 Å². The number of hydrogen-bond donors (Lipinski definition) is 0. The van der Waals surface area contributed by atoms with E-state index in [0.717, 1.165) is 0 Å². The molecule has 0 saturated heterocycles. The lowest BCUT2D eigenvalue weighted by Gasteiger charge is -2.12. The molecule has 84 valence electrons. The Morgan fingerprint density at radius 1 is 1.33 bits per heavy atom. The number of rotatable bonds is 2. The average Bonchev–Trinajstić information content (AvgIpc) is 1.99. The number of aromatic nitrogens is 1. The second kappa shape index (κ2) is 4.56. The van der Waals surface area contributed by atoms with E-state index in [-0.39, 0.29) is 10.4 Å². The minimum absolute atomic E-state index is 0.115. The molecule has 0 atom stereocenters. The first-order valence-electron chi connectivity index (χ1n) is 3.49. The maximum absolute atomic E-state index is 12.0. The van der Waals surface area contributed by atoms with Crippen LogP contribution in [0.1, 0.15) is 0 Å². The van der Waals surface area contributed by atoms with Crippen LogP contribution in [0, 0.1) is 0 Å². The zero-order valence-electron chi connectivity index (χ0n) is 7.23. The molecule has 0 amide bonds. The van der Waals surface area contributed by atoms with Gasteiger partial charge in [-0.05, 0) is 37.9 Å². The van der Waals surface area contributed by atoms with Crippen molar-refractivity contribution in [3.63, 3.8) is 0 Å². The molecule has 0 aliphatic carbocycles. The minimum Gasteiger partial charge on any atom is -0.490 e. The molecule has 0 N–H and O–H groups in total. The number of halogens is 5. The van der Waals surface area contributed by atoms with Crippen molar-refractivity contribution >= 4 is 31.9 Å². The molecule has 0 radical (unpaired) electrons. The maximum Gasteiger partial charge on any atom is 0.574 e. The van der Waals surface area contributed by atoms with Crippen molar-refractivity contribution < 1.29 is 22.6 Å². The van der Waals surface area contributed by atoms with Crippen LogP contribution in [0.2, 0.25) is 0 Å². The van der Waals surface area contributed by atoms with Gasteiger partial charge >= 0.3 is 6.36 Å². The van der Waals surface area contributed by atoms with Gasteiger partial charge in [0.25, 0.3) is 5.88 Å². The summed E-state index contributed by atoms with van der Waals surface area (Å²) >= 11 is 5.96. The summed E-state index contributed by atoms with van der Waals surface area (Å²) in [6.45, 7) is 0. The van der Waals surface area contributed by atoms with Crippen LogP contribution >= 0.6 is 31.9 Å². The van der Waals surface area contributed by atoms with E-state index in [2.05, 4.69) is 41.6 Å². The predicted molar refractivity (Wildman–Crippen MR) is 52.9 cm³/mol. The largest absolute Gasteiger partial charge is 0.574 e. The number of pyridine rings is 1. The van der Waals surface area contributed by atoms with E-state index in [9.17, 15) is 13.2 Å². The first-order chi connectivity index (χ1) is 6.83. The minimum atomic E-state index is -4.81. The average molecular weight is 351 g/mol. The number of ether oxygens (including phenoxy) is 2. The molecule has 1 rings (SSSR count). The Hall–Kier alpha value is -0.500.